The van der Waals surface area contributed by atoms with Gasteiger partial charge in [-0.2, -0.15) is 0 Å². The van der Waals surface area contributed by atoms with Gasteiger partial charge in [0.15, 0.2) is 0 Å². The maximum atomic E-state index is 13.6. The summed E-state index contributed by atoms with van der Waals surface area (Å²) in [5.41, 5.74) is 1.26. The smallest absolute Gasteiger partial charge is 0.247 e. The number of carbonyl (C=O) groups is 3. The standard InChI is InChI=1S/C27H29FN4O4/c1-36-18-17-30-27(35)26(21-10-12-22(28)13-11-21)32(19-20-7-3-2-4-8-20)25(34)15-14-24(33)31-23-9-5-6-16-29-23/h2-13,16,26H,14-15,17-19H2,1H3,(H,30,35)(H,29,31,33)/t26-/m0/s1. The van der Waals surface area contributed by atoms with E-state index in [9.17, 15) is 18.8 Å². The summed E-state index contributed by atoms with van der Waals surface area (Å²) >= 11 is 0. The van der Waals surface area contributed by atoms with Gasteiger partial charge in [0.1, 0.15) is 17.7 Å². The van der Waals surface area contributed by atoms with Crippen molar-refractivity contribution in [3.8, 4) is 0 Å². The predicted octanol–water partition coefficient (Wildman–Crippen LogP) is 3.47. The van der Waals surface area contributed by atoms with Crippen LogP contribution >= 0.6 is 0 Å². The molecule has 0 saturated carbocycles. The molecule has 0 fully saturated rings. The maximum absolute atomic E-state index is 13.6. The van der Waals surface area contributed by atoms with Gasteiger partial charge in [-0.25, -0.2) is 9.37 Å². The zero-order chi connectivity index (χ0) is 25.8. The SMILES string of the molecule is COCCNC(=O)[C@H](c1ccc(F)cc1)N(Cc1ccccc1)C(=O)CCC(=O)Nc1ccccn1. The zero-order valence-corrected chi connectivity index (χ0v) is 20.0. The van der Waals surface area contributed by atoms with E-state index in [2.05, 4.69) is 15.6 Å². The van der Waals surface area contributed by atoms with Crippen molar-refractivity contribution >= 4 is 23.5 Å². The Morgan fingerprint density at radius 2 is 1.69 bits per heavy atom. The van der Waals surface area contributed by atoms with Gasteiger partial charge in [-0.3, -0.25) is 14.4 Å². The number of pyridine rings is 1. The number of rotatable bonds is 12. The molecule has 8 nitrogen and oxygen atoms in total. The second-order valence-corrected chi connectivity index (χ2v) is 8.01. The van der Waals surface area contributed by atoms with E-state index >= 15 is 0 Å². The van der Waals surface area contributed by atoms with Gasteiger partial charge in [-0.05, 0) is 35.4 Å². The lowest BCUT2D eigenvalue weighted by Gasteiger charge is -2.31. The molecule has 0 bridgehead atoms. The molecule has 0 unspecified atom stereocenters. The van der Waals surface area contributed by atoms with Gasteiger partial charge in [0.05, 0.1) is 6.61 Å². The van der Waals surface area contributed by atoms with Gasteiger partial charge in [-0.15, -0.1) is 0 Å². The Morgan fingerprint density at radius 1 is 0.972 bits per heavy atom. The average molecular weight is 493 g/mol. The molecule has 0 radical (unpaired) electrons. The minimum atomic E-state index is -1.03. The molecule has 3 rings (SSSR count). The molecular formula is C27H29FN4O4. The van der Waals surface area contributed by atoms with Crippen LogP contribution in [-0.4, -0.2) is 47.9 Å². The summed E-state index contributed by atoms with van der Waals surface area (Å²) < 4.78 is 18.7. The number of carbonyl (C=O) groups excluding carboxylic acids is 3. The van der Waals surface area contributed by atoms with Gasteiger partial charge in [0, 0.05) is 39.2 Å². The highest BCUT2D eigenvalue weighted by molar-refractivity contribution is 5.94. The minimum absolute atomic E-state index is 0.0951. The van der Waals surface area contributed by atoms with Gasteiger partial charge in [0.2, 0.25) is 17.7 Å². The number of nitrogens with zero attached hydrogens (tertiary/aromatic N) is 2. The Hall–Kier alpha value is -4.11. The van der Waals surface area contributed by atoms with Crippen molar-refractivity contribution in [2.75, 3.05) is 25.6 Å². The van der Waals surface area contributed by atoms with Gasteiger partial charge < -0.3 is 20.3 Å². The number of methoxy groups -OCH3 is 1. The largest absolute Gasteiger partial charge is 0.383 e. The summed E-state index contributed by atoms with van der Waals surface area (Å²) in [6, 6.07) is 18.8. The Labute approximate surface area is 209 Å². The van der Waals surface area contributed by atoms with E-state index in [-0.39, 0.29) is 31.8 Å². The molecular weight excluding hydrogens is 463 g/mol. The third-order valence-corrected chi connectivity index (χ3v) is 5.37. The molecule has 1 aromatic heterocycles. The molecule has 188 valence electrons. The molecule has 36 heavy (non-hydrogen) atoms. The van der Waals surface area contributed by atoms with E-state index in [0.717, 1.165) is 5.56 Å². The predicted molar refractivity (Wildman–Crippen MR) is 133 cm³/mol. The number of hydrogen-bond acceptors (Lipinski definition) is 5. The fraction of sp³-hybridized carbons (Fsp3) is 0.259. The van der Waals surface area contributed by atoms with Crippen LogP contribution in [0.25, 0.3) is 0 Å². The van der Waals surface area contributed by atoms with Crippen molar-refractivity contribution in [2.45, 2.75) is 25.4 Å². The number of nitrogens with one attached hydrogen (secondary N) is 2. The summed E-state index contributed by atoms with van der Waals surface area (Å²) in [4.78, 5) is 44.6. The first kappa shape index (κ1) is 26.5. The molecule has 0 aliphatic carbocycles. The van der Waals surface area contributed by atoms with Crippen molar-refractivity contribution in [2.24, 2.45) is 0 Å². The lowest BCUT2D eigenvalue weighted by molar-refractivity contribution is -0.142. The molecule has 1 atom stereocenters. The fourth-order valence-corrected chi connectivity index (χ4v) is 3.60. The topological polar surface area (TPSA) is 101 Å². The van der Waals surface area contributed by atoms with Crippen molar-refractivity contribution in [1.82, 2.24) is 15.2 Å². The Kier molecular flexibility index (Phi) is 10.1. The first-order valence-electron chi connectivity index (χ1n) is 11.5. The zero-order valence-electron chi connectivity index (χ0n) is 20.0. The fourth-order valence-electron chi connectivity index (χ4n) is 3.60. The highest BCUT2D eigenvalue weighted by Crippen LogP contribution is 2.25. The third-order valence-electron chi connectivity index (χ3n) is 5.37. The minimum Gasteiger partial charge on any atom is -0.383 e. The van der Waals surface area contributed by atoms with E-state index in [1.807, 2.05) is 30.3 Å². The first-order valence-corrected chi connectivity index (χ1v) is 11.5. The van der Waals surface area contributed by atoms with Crippen LogP contribution in [0.4, 0.5) is 10.2 Å². The number of hydrogen-bond donors (Lipinski definition) is 2. The summed E-state index contributed by atoms with van der Waals surface area (Å²) in [5, 5.41) is 5.43. The number of aromatic nitrogens is 1. The van der Waals surface area contributed by atoms with Crippen LogP contribution in [0.3, 0.4) is 0 Å². The second kappa shape index (κ2) is 13.7. The quantitative estimate of drug-likeness (QED) is 0.377. The average Bonchev–Trinajstić information content (AvgIpc) is 2.89. The molecule has 2 aromatic carbocycles. The van der Waals surface area contributed by atoms with E-state index < -0.39 is 23.7 Å². The van der Waals surface area contributed by atoms with E-state index in [1.54, 1.807) is 24.4 Å². The summed E-state index contributed by atoms with van der Waals surface area (Å²) in [7, 11) is 1.52. The second-order valence-electron chi connectivity index (χ2n) is 8.01. The molecule has 3 aromatic rings. The molecule has 0 aliphatic heterocycles. The molecule has 3 amide bonds. The third kappa shape index (κ3) is 7.99. The van der Waals surface area contributed by atoms with Crippen molar-refractivity contribution < 1.29 is 23.5 Å². The van der Waals surface area contributed by atoms with Crippen molar-refractivity contribution in [1.29, 1.82) is 0 Å². The van der Waals surface area contributed by atoms with Crippen LogP contribution < -0.4 is 10.6 Å². The highest BCUT2D eigenvalue weighted by atomic mass is 19.1. The highest BCUT2D eigenvalue weighted by Gasteiger charge is 2.31. The Morgan fingerprint density at radius 3 is 2.36 bits per heavy atom. The molecule has 2 N–H and O–H groups in total. The van der Waals surface area contributed by atoms with E-state index in [1.165, 1.54) is 36.3 Å². The summed E-state index contributed by atoms with van der Waals surface area (Å²) in [6.45, 7) is 0.663. The van der Waals surface area contributed by atoms with Crippen molar-refractivity contribution in [3.63, 3.8) is 0 Å². The normalized spacial score (nSPS) is 11.4. The van der Waals surface area contributed by atoms with Crippen LogP contribution in [0, 0.1) is 5.82 Å². The lowest BCUT2D eigenvalue weighted by atomic mass is 10.0. The molecule has 0 spiro atoms. The number of amides is 3. The number of halogens is 1. The van der Waals surface area contributed by atoms with Gasteiger partial charge in [-0.1, -0.05) is 48.5 Å². The Bertz CT molecular complexity index is 1130. The van der Waals surface area contributed by atoms with Crippen LogP contribution in [0.5, 0.6) is 0 Å². The maximum Gasteiger partial charge on any atom is 0.247 e. The van der Waals surface area contributed by atoms with Crippen LogP contribution in [-0.2, 0) is 25.7 Å². The molecule has 0 aliphatic rings. The van der Waals surface area contributed by atoms with Gasteiger partial charge in [0.25, 0.3) is 0 Å². The summed E-state index contributed by atoms with van der Waals surface area (Å²) in [6.07, 6.45) is 1.33. The molecule has 1 heterocycles. The number of anilines is 1. The summed E-state index contributed by atoms with van der Waals surface area (Å²) in [5.74, 6) is -1.26. The molecule has 0 saturated heterocycles. The van der Waals surface area contributed by atoms with Gasteiger partial charge >= 0.3 is 0 Å². The number of ether oxygens (including phenoxy) is 1. The molecule has 9 heteroatoms. The van der Waals surface area contributed by atoms with Crippen LogP contribution in [0.15, 0.2) is 79.0 Å². The van der Waals surface area contributed by atoms with E-state index in [4.69, 9.17) is 4.74 Å². The Balaban J connectivity index is 1.84. The van der Waals surface area contributed by atoms with E-state index in [0.29, 0.717) is 18.0 Å². The van der Waals surface area contributed by atoms with Crippen LogP contribution in [0.2, 0.25) is 0 Å². The lowest BCUT2D eigenvalue weighted by Crippen LogP contribution is -2.44. The van der Waals surface area contributed by atoms with Crippen molar-refractivity contribution in [3.05, 3.63) is 95.9 Å². The van der Waals surface area contributed by atoms with Crippen LogP contribution in [0.1, 0.15) is 30.0 Å². The first-order chi connectivity index (χ1) is 17.5. The monoisotopic (exact) mass is 492 g/mol. The number of benzene rings is 2.